The second-order valence-corrected chi connectivity index (χ2v) is 4.82. The molecule has 0 atom stereocenters. The number of anilines is 3. The highest BCUT2D eigenvalue weighted by Crippen LogP contribution is 2.32. The number of benzene rings is 1. The number of esters is 1. The summed E-state index contributed by atoms with van der Waals surface area (Å²) in [5.74, 6) is 0.0309. The molecule has 0 amide bonds. The van der Waals surface area contributed by atoms with Gasteiger partial charge < -0.3 is 21.9 Å². The average Bonchev–Trinajstić information content (AvgIpc) is 2.39. The first-order chi connectivity index (χ1) is 9.51. The van der Waals surface area contributed by atoms with E-state index in [0.29, 0.717) is 15.7 Å². The zero-order valence-electron chi connectivity index (χ0n) is 10.7. The molecule has 1 aromatic carbocycles. The molecule has 0 aliphatic rings. The minimum atomic E-state index is -0.502. The summed E-state index contributed by atoms with van der Waals surface area (Å²) in [6.45, 7) is 0. The molecule has 104 valence electrons. The van der Waals surface area contributed by atoms with Gasteiger partial charge in [0.1, 0.15) is 11.6 Å². The molecule has 7 nitrogen and oxygen atoms in total. The Balaban J connectivity index is 2.36. The van der Waals surface area contributed by atoms with Crippen LogP contribution in [0.15, 0.2) is 34.3 Å². The van der Waals surface area contributed by atoms with E-state index >= 15 is 0 Å². The number of ether oxygens (including phenoxy) is 1. The molecule has 0 unspecified atom stereocenters. The van der Waals surface area contributed by atoms with E-state index in [2.05, 4.69) is 14.7 Å². The van der Waals surface area contributed by atoms with Crippen LogP contribution in [-0.4, -0.2) is 23.0 Å². The minimum Gasteiger partial charge on any atom is -0.465 e. The van der Waals surface area contributed by atoms with Crippen molar-refractivity contribution >= 4 is 35.1 Å². The van der Waals surface area contributed by atoms with E-state index in [9.17, 15) is 4.79 Å². The third-order valence-corrected chi connectivity index (χ3v) is 3.36. The number of aromatic nitrogens is 2. The normalized spacial score (nSPS) is 10.2. The second-order valence-electron chi connectivity index (χ2n) is 3.81. The van der Waals surface area contributed by atoms with E-state index in [1.807, 2.05) is 0 Å². The van der Waals surface area contributed by atoms with Crippen LogP contribution in [0.4, 0.5) is 17.3 Å². The third-order valence-electron chi connectivity index (χ3n) is 2.42. The first-order valence-electron chi connectivity index (χ1n) is 5.56. The average molecular weight is 291 g/mol. The predicted octanol–water partition coefficient (Wildman–Crippen LogP) is 1.16. The van der Waals surface area contributed by atoms with Crippen LogP contribution in [0.5, 0.6) is 0 Å². The number of hydrogen-bond acceptors (Lipinski definition) is 8. The van der Waals surface area contributed by atoms with Gasteiger partial charge in [-0.2, -0.15) is 0 Å². The molecule has 0 saturated heterocycles. The van der Waals surface area contributed by atoms with Crippen molar-refractivity contribution < 1.29 is 9.53 Å². The molecule has 8 heteroatoms. The zero-order chi connectivity index (χ0) is 14.7. The van der Waals surface area contributed by atoms with Crippen molar-refractivity contribution in [3.63, 3.8) is 0 Å². The fraction of sp³-hybridized carbons (Fsp3) is 0.0833. The maximum atomic E-state index is 11.6. The molecular formula is C12H13N5O2S. The Hall–Kier alpha value is -2.48. The Labute approximate surface area is 119 Å². The number of rotatable bonds is 3. The topological polar surface area (TPSA) is 130 Å². The fourth-order valence-corrected chi connectivity index (χ4v) is 2.39. The number of carbonyl (C=O) groups excluding carboxylic acids is 1. The van der Waals surface area contributed by atoms with Crippen molar-refractivity contribution in [1.82, 2.24) is 9.97 Å². The lowest BCUT2D eigenvalue weighted by atomic mass is 10.2. The standard InChI is InChI=1S/C12H13N5O2S/c1-19-11(18)6-3-2-4-7(10(6)15)20-12-16-8(13)5-9(14)17-12/h2-5H,15H2,1H3,(H4,13,14,16,17). The molecular weight excluding hydrogens is 278 g/mol. The Morgan fingerprint density at radius 1 is 1.20 bits per heavy atom. The van der Waals surface area contributed by atoms with Gasteiger partial charge in [-0.25, -0.2) is 14.8 Å². The van der Waals surface area contributed by atoms with Crippen LogP contribution in [0.2, 0.25) is 0 Å². The summed E-state index contributed by atoms with van der Waals surface area (Å²) in [4.78, 5) is 20.3. The summed E-state index contributed by atoms with van der Waals surface area (Å²) >= 11 is 1.17. The van der Waals surface area contributed by atoms with Gasteiger partial charge >= 0.3 is 5.97 Å². The van der Waals surface area contributed by atoms with Gasteiger partial charge in [0.2, 0.25) is 0 Å². The number of methoxy groups -OCH3 is 1. The van der Waals surface area contributed by atoms with E-state index in [4.69, 9.17) is 17.2 Å². The first kappa shape index (κ1) is 13.9. The summed E-state index contributed by atoms with van der Waals surface area (Å²) < 4.78 is 4.66. The van der Waals surface area contributed by atoms with Crippen molar-refractivity contribution in [3.05, 3.63) is 29.8 Å². The highest BCUT2D eigenvalue weighted by Gasteiger charge is 2.14. The molecule has 0 bridgehead atoms. The number of nitrogen functional groups attached to an aromatic ring is 3. The third kappa shape index (κ3) is 2.91. The van der Waals surface area contributed by atoms with E-state index in [-0.39, 0.29) is 17.2 Å². The molecule has 0 fully saturated rings. The second kappa shape index (κ2) is 5.66. The molecule has 1 heterocycles. The number of carbonyl (C=O) groups is 1. The maximum absolute atomic E-state index is 11.6. The lowest BCUT2D eigenvalue weighted by Crippen LogP contribution is -2.06. The van der Waals surface area contributed by atoms with Crippen LogP contribution >= 0.6 is 11.8 Å². The first-order valence-corrected chi connectivity index (χ1v) is 6.37. The van der Waals surface area contributed by atoms with Gasteiger partial charge in [-0.05, 0) is 23.9 Å². The summed E-state index contributed by atoms with van der Waals surface area (Å²) in [5.41, 5.74) is 17.7. The Morgan fingerprint density at radius 2 is 1.85 bits per heavy atom. The van der Waals surface area contributed by atoms with Crippen LogP contribution in [-0.2, 0) is 4.74 Å². The summed E-state index contributed by atoms with van der Waals surface area (Å²) in [6.07, 6.45) is 0. The van der Waals surface area contributed by atoms with Gasteiger partial charge in [0.05, 0.1) is 18.4 Å². The van der Waals surface area contributed by atoms with E-state index in [1.165, 1.54) is 24.9 Å². The Kier molecular flexibility index (Phi) is 3.94. The number of para-hydroxylation sites is 1. The number of hydrogen-bond donors (Lipinski definition) is 3. The molecule has 0 aliphatic heterocycles. The van der Waals surface area contributed by atoms with Gasteiger partial charge in [0, 0.05) is 11.0 Å². The Morgan fingerprint density at radius 3 is 2.45 bits per heavy atom. The predicted molar refractivity (Wildman–Crippen MR) is 77.2 cm³/mol. The molecule has 6 N–H and O–H groups in total. The maximum Gasteiger partial charge on any atom is 0.339 e. The van der Waals surface area contributed by atoms with Crippen molar-refractivity contribution in [2.24, 2.45) is 0 Å². The van der Waals surface area contributed by atoms with E-state index < -0.39 is 5.97 Å². The van der Waals surface area contributed by atoms with Crippen molar-refractivity contribution in [2.45, 2.75) is 10.1 Å². The van der Waals surface area contributed by atoms with Crippen LogP contribution in [0.3, 0.4) is 0 Å². The van der Waals surface area contributed by atoms with Gasteiger partial charge in [0.15, 0.2) is 5.16 Å². The molecule has 2 rings (SSSR count). The quantitative estimate of drug-likeness (QED) is 0.436. The van der Waals surface area contributed by atoms with Crippen LogP contribution < -0.4 is 17.2 Å². The van der Waals surface area contributed by atoms with Crippen molar-refractivity contribution in [1.29, 1.82) is 0 Å². The van der Waals surface area contributed by atoms with Crippen LogP contribution in [0, 0.1) is 0 Å². The highest BCUT2D eigenvalue weighted by atomic mass is 32.2. The summed E-state index contributed by atoms with van der Waals surface area (Å²) in [7, 11) is 1.29. The summed E-state index contributed by atoms with van der Waals surface area (Å²) in [5, 5.41) is 0.358. The molecule has 0 spiro atoms. The van der Waals surface area contributed by atoms with Gasteiger partial charge in [-0.3, -0.25) is 0 Å². The molecule has 0 saturated carbocycles. The lowest BCUT2D eigenvalue weighted by Gasteiger charge is -2.09. The zero-order valence-corrected chi connectivity index (χ0v) is 11.5. The van der Waals surface area contributed by atoms with E-state index in [1.54, 1.807) is 18.2 Å². The van der Waals surface area contributed by atoms with Crippen molar-refractivity contribution in [3.8, 4) is 0 Å². The van der Waals surface area contributed by atoms with Crippen molar-refractivity contribution in [2.75, 3.05) is 24.3 Å². The van der Waals surface area contributed by atoms with Gasteiger partial charge in [-0.15, -0.1) is 0 Å². The Bertz CT molecular complexity index is 642. The molecule has 0 radical (unpaired) electrons. The fourth-order valence-electron chi connectivity index (χ4n) is 1.53. The SMILES string of the molecule is COC(=O)c1cccc(Sc2nc(N)cc(N)n2)c1N. The smallest absolute Gasteiger partial charge is 0.339 e. The van der Waals surface area contributed by atoms with Gasteiger partial charge in [0.25, 0.3) is 0 Å². The molecule has 0 aliphatic carbocycles. The van der Waals surface area contributed by atoms with E-state index in [0.717, 1.165) is 0 Å². The highest BCUT2D eigenvalue weighted by molar-refractivity contribution is 7.99. The lowest BCUT2D eigenvalue weighted by molar-refractivity contribution is 0.0601. The minimum absolute atomic E-state index is 0.266. The number of nitrogens with two attached hydrogens (primary N) is 3. The van der Waals surface area contributed by atoms with Gasteiger partial charge in [-0.1, -0.05) is 6.07 Å². The largest absolute Gasteiger partial charge is 0.465 e. The number of nitrogens with zero attached hydrogens (tertiary/aromatic N) is 2. The molecule has 1 aromatic heterocycles. The summed E-state index contributed by atoms with van der Waals surface area (Å²) in [6, 6.07) is 6.48. The van der Waals surface area contributed by atoms with Crippen LogP contribution in [0.25, 0.3) is 0 Å². The van der Waals surface area contributed by atoms with Crippen LogP contribution in [0.1, 0.15) is 10.4 Å². The monoisotopic (exact) mass is 291 g/mol. The molecule has 20 heavy (non-hydrogen) atoms. The molecule has 2 aromatic rings.